The Morgan fingerprint density at radius 2 is 0.215 bits per heavy atom. The first-order chi connectivity index (χ1) is 46.1. The average molecular weight is 1190 g/mol. The van der Waals surface area contributed by atoms with Gasteiger partial charge >= 0.3 is 0 Å². The number of aryl methyl sites for hydroxylation is 6. The van der Waals surface area contributed by atoms with Gasteiger partial charge in [-0.05, 0) is 257 Å². The highest BCUT2D eigenvalue weighted by Crippen LogP contribution is 2.37. The van der Waals surface area contributed by atoms with Crippen LogP contribution in [0.1, 0.15) is 52.6 Å². The van der Waals surface area contributed by atoms with E-state index in [4.69, 9.17) is 0 Å². The molecule has 444 valence electrons. The molecule has 93 heavy (non-hydrogen) atoms. The standard InChI is InChI=1S/3C31H24/c3*1-5-14-26-22(10-1)20-23-11-2-6-15-27(23)30(26)18-9-19-31-28-16-7-3-12-24(28)21-25-13-4-8-17-29(25)31/h3*1-8,10-17,20-21H,9,18-19H2. The summed E-state index contributed by atoms with van der Waals surface area (Å²) in [6.07, 6.45) is 9.90. The molecule has 18 aromatic carbocycles. The summed E-state index contributed by atoms with van der Waals surface area (Å²) in [5.74, 6) is 0. The van der Waals surface area contributed by atoms with E-state index in [2.05, 4.69) is 328 Å². The van der Waals surface area contributed by atoms with Crippen molar-refractivity contribution in [3.05, 3.63) is 361 Å². The van der Waals surface area contributed by atoms with Gasteiger partial charge in [-0.2, -0.15) is 0 Å². The largest absolute Gasteiger partial charge is 0.0616 e. The third-order valence-electron chi connectivity index (χ3n) is 19.9. The monoisotopic (exact) mass is 1190 g/mol. The van der Waals surface area contributed by atoms with E-state index < -0.39 is 0 Å². The molecule has 0 atom stereocenters. The van der Waals surface area contributed by atoms with E-state index in [1.165, 1.54) is 163 Å². The van der Waals surface area contributed by atoms with Crippen LogP contribution in [-0.4, -0.2) is 0 Å². The SMILES string of the molecule is c1ccc2c(CCCc3c4ccccc4cc4ccccc34)c3ccccc3cc2c1.c1ccc2c(CCCc3c4ccccc4cc4ccccc34)c3ccccc3cc2c1.c1ccc2c(CCCc3c4ccccc4cc4ccccc34)c3ccccc3cc2c1. The molecule has 0 nitrogen and oxygen atoms in total. The molecule has 0 N–H and O–H groups in total. The molecule has 0 aliphatic rings. The second-order valence-corrected chi connectivity index (χ2v) is 25.3. The Balaban J connectivity index is 0.000000111. The van der Waals surface area contributed by atoms with Gasteiger partial charge in [0.15, 0.2) is 0 Å². The summed E-state index contributed by atoms with van der Waals surface area (Å²) in [5.41, 5.74) is 8.91. The van der Waals surface area contributed by atoms with Crippen molar-refractivity contribution < 1.29 is 0 Å². The lowest BCUT2D eigenvalue weighted by atomic mass is 9.90. The topological polar surface area (TPSA) is 0 Å². The van der Waals surface area contributed by atoms with Crippen molar-refractivity contribution in [3.63, 3.8) is 0 Å². The number of fused-ring (bicyclic) bond motifs is 12. The second kappa shape index (κ2) is 25.8. The van der Waals surface area contributed by atoms with Crippen molar-refractivity contribution in [2.45, 2.75) is 57.8 Å². The van der Waals surface area contributed by atoms with Crippen LogP contribution in [-0.2, 0) is 38.5 Å². The van der Waals surface area contributed by atoms with Crippen LogP contribution in [0.2, 0.25) is 0 Å². The van der Waals surface area contributed by atoms with Gasteiger partial charge < -0.3 is 0 Å². The molecule has 0 aliphatic carbocycles. The molecule has 0 saturated carbocycles. The lowest BCUT2D eigenvalue weighted by Crippen LogP contribution is -1.95. The van der Waals surface area contributed by atoms with Gasteiger partial charge in [-0.3, -0.25) is 0 Å². The predicted molar refractivity (Wildman–Crippen MR) is 405 cm³/mol. The molecule has 0 spiro atoms. The van der Waals surface area contributed by atoms with Crippen molar-refractivity contribution >= 4 is 129 Å². The normalized spacial score (nSPS) is 11.6. The van der Waals surface area contributed by atoms with Gasteiger partial charge in [0.25, 0.3) is 0 Å². The minimum absolute atomic E-state index is 1.08. The van der Waals surface area contributed by atoms with Gasteiger partial charge in [0.05, 0.1) is 0 Å². The van der Waals surface area contributed by atoms with Gasteiger partial charge in [-0.15, -0.1) is 0 Å². The van der Waals surface area contributed by atoms with Crippen LogP contribution < -0.4 is 0 Å². The van der Waals surface area contributed by atoms with Crippen LogP contribution in [0.4, 0.5) is 0 Å². The number of rotatable bonds is 12. The lowest BCUT2D eigenvalue weighted by molar-refractivity contribution is 0.838. The van der Waals surface area contributed by atoms with Crippen LogP contribution in [0.3, 0.4) is 0 Å². The fraction of sp³-hybridized carbons (Fsp3) is 0.0968. The van der Waals surface area contributed by atoms with Crippen molar-refractivity contribution in [1.82, 2.24) is 0 Å². The Morgan fingerprint density at radius 3 is 0.323 bits per heavy atom. The molecule has 0 heteroatoms. The highest BCUT2D eigenvalue weighted by Gasteiger charge is 2.15. The highest BCUT2D eigenvalue weighted by atomic mass is 14.2. The summed E-state index contributed by atoms with van der Waals surface area (Å²) in [6, 6.07) is 120. The predicted octanol–water partition coefficient (Wildman–Crippen LogP) is 25.4. The van der Waals surface area contributed by atoms with E-state index in [1.807, 2.05) is 0 Å². The fourth-order valence-corrected chi connectivity index (χ4v) is 15.6. The molecule has 0 heterocycles. The minimum Gasteiger partial charge on any atom is -0.0616 e. The first kappa shape index (κ1) is 57.3. The summed E-state index contributed by atoms with van der Waals surface area (Å²) in [5, 5.41) is 32.8. The zero-order chi connectivity index (χ0) is 61.9. The van der Waals surface area contributed by atoms with Gasteiger partial charge in [0.1, 0.15) is 0 Å². The van der Waals surface area contributed by atoms with Gasteiger partial charge in [-0.1, -0.05) is 291 Å². The molecule has 18 aromatic rings. The number of hydrogen-bond acceptors (Lipinski definition) is 0. The molecule has 0 unspecified atom stereocenters. The molecule has 0 amide bonds. The second-order valence-electron chi connectivity index (χ2n) is 25.3. The van der Waals surface area contributed by atoms with Crippen molar-refractivity contribution in [3.8, 4) is 0 Å². The third kappa shape index (κ3) is 11.4. The highest BCUT2D eigenvalue weighted by molar-refractivity contribution is 6.07. The van der Waals surface area contributed by atoms with Gasteiger partial charge in [0.2, 0.25) is 0 Å². The zero-order valence-corrected chi connectivity index (χ0v) is 52.5. The van der Waals surface area contributed by atoms with Crippen molar-refractivity contribution in [2.24, 2.45) is 0 Å². The maximum absolute atomic E-state index is 2.33. The average Bonchev–Trinajstić information content (AvgIpc) is 1.49. The molecule has 0 aliphatic heterocycles. The molecule has 0 radical (unpaired) electrons. The fourth-order valence-electron chi connectivity index (χ4n) is 15.6. The maximum Gasteiger partial charge on any atom is -0.0146 e. The first-order valence-corrected chi connectivity index (χ1v) is 33.5. The molecule has 0 saturated heterocycles. The maximum atomic E-state index is 2.33. The first-order valence-electron chi connectivity index (χ1n) is 33.5. The van der Waals surface area contributed by atoms with E-state index in [1.54, 1.807) is 0 Å². The number of hydrogen-bond donors (Lipinski definition) is 0. The van der Waals surface area contributed by atoms with Crippen LogP contribution in [0, 0.1) is 0 Å². The zero-order valence-electron chi connectivity index (χ0n) is 52.5. The molecule has 18 rings (SSSR count). The Labute approximate surface area is 544 Å². The Kier molecular flexibility index (Phi) is 15.9. The molecule has 0 fully saturated rings. The van der Waals surface area contributed by atoms with Gasteiger partial charge in [-0.25, -0.2) is 0 Å². The Bertz CT molecular complexity index is 4560. The smallest absolute Gasteiger partial charge is 0.0146 e. The van der Waals surface area contributed by atoms with Gasteiger partial charge in [0, 0.05) is 0 Å². The van der Waals surface area contributed by atoms with Crippen molar-refractivity contribution in [1.29, 1.82) is 0 Å². The van der Waals surface area contributed by atoms with E-state index in [0.29, 0.717) is 0 Å². The molecule has 0 aromatic heterocycles. The van der Waals surface area contributed by atoms with Crippen LogP contribution in [0.25, 0.3) is 129 Å². The number of benzene rings is 18. The summed E-state index contributed by atoms with van der Waals surface area (Å²) in [7, 11) is 0. The van der Waals surface area contributed by atoms with E-state index in [0.717, 1.165) is 57.8 Å². The van der Waals surface area contributed by atoms with E-state index in [9.17, 15) is 0 Å². The molecular formula is C93H72. The van der Waals surface area contributed by atoms with E-state index in [-0.39, 0.29) is 0 Å². The van der Waals surface area contributed by atoms with Crippen molar-refractivity contribution in [2.75, 3.05) is 0 Å². The summed E-state index contributed by atoms with van der Waals surface area (Å²) >= 11 is 0. The lowest BCUT2D eigenvalue weighted by Gasteiger charge is -2.14. The molecule has 0 bridgehead atoms. The van der Waals surface area contributed by atoms with E-state index >= 15 is 0 Å². The summed E-state index contributed by atoms with van der Waals surface area (Å²) < 4.78 is 0. The summed E-state index contributed by atoms with van der Waals surface area (Å²) in [6.45, 7) is 0. The summed E-state index contributed by atoms with van der Waals surface area (Å²) in [4.78, 5) is 0. The Hall–Kier alpha value is -10.9. The third-order valence-corrected chi connectivity index (χ3v) is 19.9. The Morgan fingerprint density at radius 1 is 0.118 bits per heavy atom. The van der Waals surface area contributed by atoms with Crippen LogP contribution in [0.5, 0.6) is 0 Å². The quantitative estimate of drug-likeness (QED) is 0.107. The molecular weight excluding hydrogens is 1120 g/mol. The minimum atomic E-state index is 1.08. The van der Waals surface area contributed by atoms with Crippen LogP contribution in [0.15, 0.2) is 328 Å². The van der Waals surface area contributed by atoms with Crippen LogP contribution >= 0.6 is 0 Å².